The van der Waals surface area contributed by atoms with Crippen LogP contribution in [0.3, 0.4) is 0 Å². The van der Waals surface area contributed by atoms with Gasteiger partial charge in [0, 0.05) is 6.04 Å². The summed E-state index contributed by atoms with van der Waals surface area (Å²) in [4.78, 5) is 0. The van der Waals surface area contributed by atoms with E-state index in [1.165, 1.54) is 31.3 Å². The Bertz CT molecular complexity index is 152. The molecule has 0 aromatic heterocycles. The second-order valence-electron chi connectivity index (χ2n) is 4.34. The third kappa shape index (κ3) is 2.34. The van der Waals surface area contributed by atoms with Gasteiger partial charge in [0.2, 0.25) is 0 Å². The van der Waals surface area contributed by atoms with E-state index in [1.54, 1.807) is 0 Å². The number of allylic oxidation sites excluding steroid dienone is 1. The molecule has 0 aromatic carbocycles. The van der Waals surface area contributed by atoms with Crippen molar-refractivity contribution in [3.8, 4) is 0 Å². The van der Waals surface area contributed by atoms with E-state index in [9.17, 15) is 0 Å². The molecule has 0 saturated heterocycles. The van der Waals surface area contributed by atoms with E-state index in [-0.39, 0.29) is 0 Å². The smallest absolute Gasteiger partial charge is 0.00392 e. The van der Waals surface area contributed by atoms with Gasteiger partial charge in [-0.2, -0.15) is 0 Å². The fourth-order valence-corrected chi connectivity index (χ4v) is 1.96. The van der Waals surface area contributed by atoms with Gasteiger partial charge in [-0.15, -0.1) is 0 Å². The largest absolute Gasteiger partial charge is 0.328 e. The van der Waals surface area contributed by atoms with E-state index in [4.69, 9.17) is 5.73 Å². The first-order chi connectivity index (χ1) is 5.61. The Morgan fingerprint density at radius 3 is 2.17 bits per heavy atom. The zero-order chi connectivity index (χ0) is 9.14. The van der Waals surface area contributed by atoms with Gasteiger partial charge in [-0.25, -0.2) is 0 Å². The number of nitrogens with two attached hydrogens (primary N) is 1. The quantitative estimate of drug-likeness (QED) is 0.629. The van der Waals surface area contributed by atoms with Gasteiger partial charge in [0.1, 0.15) is 0 Å². The Balaban J connectivity index is 2.39. The lowest BCUT2D eigenvalue weighted by atomic mass is 9.79. The number of hydrogen-bond donors (Lipinski definition) is 1. The third-order valence-corrected chi connectivity index (χ3v) is 3.04. The minimum Gasteiger partial charge on any atom is -0.328 e. The Morgan fingerprint density at radius 1 is 1.25 bits per heavy atom. The predicted octanol–water partition coefficient (Wildman–Crippen LogP) is 2.72. The van der Waals surface area contributed by atoms with E-state index >= 15 is 0 Å². The second kappa shape index (κ2) is 4.08. The lowest BCUT2D eigenvalue weighted by Gasteiger charge is -2.29. The van der Waals surface area contributed by atoms with E-state index in [2.05, 4.69) is 20.4 Å². The first kappa shape index (κ1) is 9.79. The maximum Gasteiger partial charge on any atom is 0.00392 e. The SMILES string of the molecule is C=C(C(C)C)C1CCC(N)CC1. The molecule has 0 unspecified atom stereocenters. The van der Waals surface area contributed by atoms with Crippen LogP contribution in [-0.2, 0) is 0 Å². The molecule has 1 fully saturated rings. The van der Waals surface area contributed by atoms with Crippen LogP contribution in [0.15, 0.2) is 12.2 Å². The summed E-state index contributed by atoms with van der Waals surface area (Å²) in [5.74, 6) is 1.40. The third-order valence-electron chi connectivity index (χ3n) is 3.04. The normalized spacial score (nSPS) is 30.7. The summed E-state index contributed by atoms with van der Waals surface area (Å²) < 4.78 is 0. The summed E-state index contributed by atoms with van der Waals surface area (Å²) in [5, 5.41) is 0. The van der Waals surface area contributed by atoms with Crippen molar-refractivity contribution in [2.75, 3.05) is 0 Å². The molecule has 0 amide bonds. The predicted molar refractivity (Wildman–Crippen MR) is 53.9 cm³/mol. The van der Waals surface area contributed by atoms with Gasteiger partial charge < -0.3 is 5.73 Å². The van der Waals surface area contributed by atoms with E-state index < -0.39 is 0 Å². The molecule has 0 aromatic rings. The maximum atomic E-state index is 5.84. The summed E-state index contributed by atoms with van der Waals surface area (Å²) >= 11 is 0. The molecule has 70 valence electrons. The molecule has 2 N–H and O–H groups in total. The monoisotopic (exact) mass is 167 g/mol. The molecule has 1 aliphatic rings. The van der Waals surface area contributed by atoms with Crippen molar-refractivity contribution in [1.29, 1.82) is 0 Å². The number of hydrogen-bond acceptors (Lipinski definition) is 1. The van der Waals surface area contributed by atoms with E-state index in [0.29, 0.717) is 12.0 Å². The fourth-order valence-electron chi connectivity index (χ4n) is 1.96. The topological polar surface area (TPSA) is 26.0 Å². The highest BCUT2D eigenvalue weighted by molar-refractivity contribution is 5.05. The highest BCUT2D eigenvalue weighted by Crippen LogP contribution is 2.31. The van der Waals surface area contributed by atoms with Crippen molar-refractivity contribution in [2.24, 2.45) is 17.6 Å². The second-order valence-corrected chi connectivity index (χ2v) is 4.34. The molecule has 12 heavy (non-hydrogen) atoms. The molecule has 0 bridgehead atoms. The highest BCUT2D eigenvalue weighted by Gasteiger charge is 2.21. The van der Waals surface area contributed by atoms with Gasteiger partial charge in [0.25, 0.3) is 0 Å². The van der Waals surface area contributed by atoms with Crippen LogP contribution in [0.1, 0.15) is 39.5 Å². The van der Waals surface area contributed by atoms with Crippen LogP contribution in [0.25, 0.3) is 0 Å². The molecule has 0 aliphatic heterocycles. The minimum absolute atomic E-state index is 0.459. The molecule has 1 saturated carbocycles. The fraction of sp³-hybridized carbons (Fsp3) is 0.818. The van der Waals surface area contributed by atoms with Crippen molar-refractivity contribution in [2.45, 2.75) is 45.6 Å². The highest BCUT2D eigenvalue weighted by atomic mass is 14.6. The molecule has 1 rings (SSSR count). The zero-order valence-corrected chi connectivity index (χ0v) is 8.34. The Kier molecular flexibility index (Phi) is 3.33. The molecular formula is C11H21N. The summed E-state index contributed by atoms with van der Waals surface area (Å²) in [5.41, 5.74) is 7.28. The zero-order valence-electron chi connectivity index (χ0n) is 8.34. The molecule has 0 atom stereocenters. The molecular weight excluding hydrogens is 146 g/mol. The summed E-state index contributed by atoms with van der Waals surface area (Å²) in [7, 11) is 0. The van der Waals surface area contributed by atoms with Crippen molar-refractivity contribution < 1.29 is 0 Å². The summed E-state index contributed by atoms with van der Waals surface area (Å²) in [6.07, 6.45) is 4.91. The summed E-state index contributed by atoms with van der Waals surface area (Å²) in [6.45, 7) is 8.63. The van der Waals surface area contributed by atoms with Crippen molar-refractivity contribution in [1.82, 2.24) is 0 Å². The van der Waals surface area contributed by atoms with Gasteiger partial charge >= 0.3 is 0 Å². The Morgan fingerprint density at radius 2 is 1.75 bits per heavy atom. The van der Waals surface area contributed by atoms with Crippen LogP contribution in [0, 0.1) is 11.8 Å². The van der Waals surface area contributed by atoms with Crippen LogP contribution in [-0.4, -0.2) is 6.04 Å². The molecule has 0 spiro atoms. The molecule has 1 aliphatic carbocycles. The van der Waals surface area contributed by atoms with Crippen LogP contribution < -0.4 is 5.73 Å². The molecule has 0 radical (unpaired) electrons. The van der Waals surface area contributed by atoms with Crippen molar-refractivity contribution in [3.63, 3.8) is 0 Å². The number of rotatable bonds is 2. The van der Waals surface area contributed by atoms with E-state index in [0.717, 1.165) is 5.92 Å². The molecule has 1 heteroatoms. The first-order valence-electron chi connectivity index (χ1n) is 5.05. The van der Waals surface area contributed by atoms with Gasteiger partial charge in [-0.3, -0.25) is 0 Å². The van der Waals surface area contributed by atoms with Crippen molar-refractivity contribution in [3.05, 3.63) is 12.2 Å². The van der Waals surface area contributed by atoms with E-state index in [1.807, 2.05) is 0 Å². The Hall–Kier alpha value is -0.300. The standard InChI is InChI=1S/C11H21N/c1-8(2)9(3)10-4-6-11(12)7-5-10/h8,10-11H,3-7,12H2,1-2H3. The first-order valence-corrected chi connectivity index (χ1v) is 5.05. The lowest BCUT2D eigenvalue weighted by molar-refractivity contribution is 0.347. The molecule has 1 nitrogen and oxygen atoms in total. The average molecular weight is 167 g/mol. The minimum atomic E-state index is 0.459. The van der Waals surface area contributed by atoms with Crippen LogP contribution >= 0.6 is 0 Å². The van der Waals surface area contributed by atoms with Crippen LogP contribution in [0.5, 0.6) is 0 Å². The van der Waals surface area contributed by atoms with Gasteiger partial charge in [0.15, 0.2) is 0 Å². The maximum absolute atomic E-state index is 5.84. The molecule has 0 heterocycles. The summed E-state index contributed by atoms with van der Waals surface area (Å²) in [6, 6.07) is 0.459. The lowest BCUT2D eigenvalue weighted by Crippen LogP contribution is -2.27. The van der Waals surface area contributed by atoms with Crippen LogP contribution in [0.4, 0.5) is 0 Å². The Labute approximate surface area is 76.0 Å². The van der Waals surface area contributed by atoms with Gasteiger partial charge in [-0.1, -0.05) is 26.0 Å². The average Bonchev–Trinajstić information content (AvgIpc) is 2.04. The van der Waals surface area contributed by atoms with Gasteiger partial charge in [-0.05, 0) is 37.5 Å². The van der Waals surface area contributed by atoms with Crippen LogP contribution in [0.2, 0.25) is 0 Å². The van der Waals surface area contributed by atoms with Crippen molar-refractivity contribution >= 4 is 0 Å². The van der Waals surface area contributed by atoms with Gasteiger partial charge in [0.05, 0.1) is 0 Å².